The molecule has 0 aliphatic heterocycles. The molecule has 0 aliphatic rings. The number of benzene rings is 1. The first-order valence-corrected chi connectivity index (χ1v) is 5.77. The Hall–Kier alpha value is -2.56. The summed E-state index contributed by atoms with van der Waals surface area (Å²) >= 11 is 0. The van der Waals surface area contributed by atoms with Gasteiger partial charge in [0.25, 0.3) is 5.91 Å². The average molecular weight is 257 g/mol. The van der Waals surface area contributed by atoms with Crippen LogP contribution in [0.25, 0.3) is 0 Å². The third kappa shape index (κ3) is 3.01. The molecule has 0 radical (unpaired) electrons. The van der Waals surface area contributed by atoms with Crippen LogP contribution in [0.4, 0.5) is 11.4 Å². The van der Waals surface area contributed by atoms with E-state index in [-0.39, 0.29) is 5.91 Å². The molecule has 1 amide bonds. The van der Waals surface area contributed by atoms with Crippen LogP contribution < -0.4 is 15.8 Å². The molecule has 5 nitrogen and oxygen atoms in total. The fraction of sp³-hybridized carbons (Fsp3) is 0.143. The summed E-state index contributed by atoms with van der Waals surface area (Å²) in [6, 6.07) is 8.53. The topological polar surface area (TPSA) is 77.2 Å². The van der Waals surface area contributed by atoms with Gasteiger partial charge in [-0.3, -0.25) is 9.78 Å². The predicted molar refractivity (Wildman–Crippen MR) is 74.3 cm³/mol. The Labute approximate surface area is 111 Å². The molecule has 1 aromatic carbocycles. The van der Waals surface area contributed by atoms with Crippen LogP contribution in [-0.2, 0) is 0 Å². The number of methoxy groups -OCH3 is 1. The van der Waals surface area contributed by atoms with E-state index < -0.39 is 0 Å². The number of nitrogens with two attached hydrogens (primary N) is 1. The van der Waals surface area contributed by atoms with Gasteiger partial charge >= 0.3 is 0 Å². The molecule has 0 aliphatic carbocycles. The van der Waals surface area contributed by atoms with Crippen molar-refractivity contribution in [1.29, 1.82) is 0 Å². The quantitative estimate of drug-likeness (QED) is 0.827. The van der Waals surface area contributed by atoms with E-state index in [0.717, 1.165) is 5.69 Å². The normalized spacial score (nSPS) is 10.0. The number of aromatic nitrogens is 1. The number of rotatable bonds is 3. The zero-order chi connectivity index (χ0) is 13.8. The van der Waals surface area contributed by atoms with Gasteiger partial charge in [-0.2, -0.15) is 0 Å². The first-order chi connectivity index (χ1) is 9.10. The summed E-state index contributed by atoms with van der Waals surface area (Å²) in [5, 5.41) is 2.76. The Kier molecular flexibility index (Phi) is 3.66. The predicted octanol–water partition coefficient (Wildman–Crippen LogP) is 2.23. The molecule has 0 saturated heterocycles. The zero-order valence-electron chi connectivity index (χ0n) is 10.8. The number of nitrogens with one attached hydrogen (secondary N) is 1. The number of ether oxygens (including phenoxy) is 1. The lowest BCUT2D eigenvalue weighted by molar-refractivity contribution is 0.102. The van der Waals surface area contributed by atoms with Crippen molar-refractivity contribution in [2.75, 3.05) is 18.2 Å². The number of hydrogen-bond donors (Lipinski definition) is 2. The third-order valence-corrected chi connectivity index (χ3v) is 2.64. The second kappa shape index (κ2) is 5.39. The first-order valence-electron chi connectivity index (χ1n) is 5.77. The highest BCUT2D eigenvalue weighted by molar-refractivity contribution is 6.06. The van der Waals surface area contributed by atoms with Crippen molar-refractivity contribution in [2.24, 2.45) is 0 Å². The van der Waals surface area contributed by atoms with Gasteiger partial charge in [0, 0.05) is 17.4 Å². The van der Waals surface area contributed by atoms with E-state index in [1.165, 1.54) is 7.11 Å². The van der Waals surface area contributed by atoms with Crippen LogP contribution in [0.15, 0.2) is 36.5 Å². The number of carbonyl (C=O) groups excluding carboxylic acids is 1. The lowest BCUT2D eigenvalue weighted by Crippen LogP contribution is -2.13. The van der Waals surface area contributed by atoms with Gasteiger partial charge in [0.05, 0.1) is 24.6 Å². The van der Waals surface area contributed by atoms with E-state index in [0.29, 0.717) is 22.7 Å². The summed E-state index contributed by atoms with van der Waals surface area (Å²) in [5.74, 6) is 0.181. The average Bonchev–Trinajstić information content (AvgIpc) is 2.41. The van der Waals surface area contributed by atoms with Crippen molar-refractivity contribution in [2.45, 2.75) is 6.92 Å². The van der Waals surface area contributed by atoms with E-state index in [4.69, 9.17) is 10.5 Å². The number of amides is 1. The monoisotopic (exact) mass is 257 g/mol. The molecule has 2 rings (SSSR count). The van der Waals surface area contributed by atoms with Gasteiger partial charge in [0.2, 0.25) is 0 Å². The fourth-order valence-electron chi connectivity index (χ4n) is 1.64. The number of hydrogen-bond acceptors (Lipinski definition) is 4. The van der Waals surface area contributed by atoms with Crippen molar-refractivity contribution in [3.63, 3.8) is 0 Å². The summed E-state index contributed by atoms with van der Waals surface area (Å²) in [7, 11) is 1.50. The van der Waals surface area contributed by atoms with Crippen molar-refractivity contribution in [3.8, 4) is 5.75 Å². The molecule has 0 unspecified atom stereocenters. The Morgan fingerprint density at radius 1 is 1.32 bits per heavy atom. The Bertz CT molecular complexity index is 594. The molecule has 0 saturated carbocycles. The van der Waals surface area contributed by atoms with Gasteiger partial charge in [-0.15, -0.1) is 0 Å². The first kappa shape index (κ1) is 12.9. The minimum Gasteiger partial charge on any atom is -0.496 e. The molecule has 0 spiro atoms. The highest BCUT2D eigenvalue weighted by atomic mass is 16.5. The molecular weight excluding hydrogens is 242 g/mol. The molecule has 5 heteroatoms. The smallest absolute Gasteiger partial charge is 0.259 e. The van der Waals surface area contributed by atoms with Crippen molar-refractivity contribution in [3.05, 3.63) is 47.8 Å². The molecule has 19 heavy (non-hydrogen) atoms. The van der Waals surface area contributed by atoms with Gasteiger partial charge in [-0.05, 0) is 31.2 Å². The lowest BCUT2D eigenvalue weighted by Gasteiger charge is -2.10. The summed E-state index contributed by atoms with van der Waals surface area (Å²) in [5.41, 5.74) is 8.15. The molecule has 0 fully saturated rings. The number of anilines is 2. The highest BCUT2D eigenvalue weighted by Crippen LogP contribution is 2.22. The molecule has 2 aromatic rings. The van der Waals surface area contributed by atoms with E-state index >= 15 is 0 Å². The minimum atomic E-state index is -0.262. The van der Waals surface area contributed by atoms with Crippen LogP contribution in [0, 0.1) is 6.92 Å². The van der Waals surface area contributed by atoms with E-state index in [2.05, 4.69) is 10.3 Å². The van der Waals surface area contributed by atoms with E-state index in [9.17, 15) is 4.79 Å². The summed E-state index contributed by atoms with van der Waals surface area (Å²) in [6.45, 7) is 1.88. The second-order valence-corrected chi connectivity index (χ2v) is 4.10. The highest BCUT2D eigenvalue weighted by Gasteiger charge is 2.12. The van der Waals surface area contributed by atoms with Crippen LogP contribution in [-0.4, -0.2) is 18.0 Å². The summed E-state index contributed by atoms with van der Waals surface area (Å²) in [4.78, 5) is 16.2. The van der Waals surface area contributed by atoms with Gasteiger partial charge in [-0.1, -0.05) is 0 Å². The van der Waals surface area contributed by atoms with Crippen LogP contribution in [0.2, 0.25) is 0 Å². The number of nitrogens with zero attached hydrogens (tertiary/aromatic N) is 1. The summed E-state index contributed by atoms with van der Waals surface area (Å²) < 4.78 is 5.15. The largest absolute Gasteiger partial charge is 0.496 e. The maximum Gasteiger partial charge on any atom is 0.259 e. The maximum absolute atomic E-state index is 12.1. The van der Waals surface area contributed by atoms with Gasteiger partial charge < -0.3 is 15.8 Å². The van der Waals surface area contributed by atoms with Gasteiger partial charge in [0.15, 0.2) is 0 Å². The lowest BCUT2D eigenvalue weighted by atomic mass is 10.1. The minimum absolute atomic E-state index is 0.262. The van der Waals surface area contributed by atoms with Crippen molar-refractivity contribution in [1.82, 2.24) is 4.98 Å². The van der Waals surface area contributed by atoms with Gasteiger partial charge in [-0.25, -0.2) is 0 Å². The van der Waals surface area contributed by atoms with Crippen LogP contribution in [0.5, 0.6) is 5.75 Å². The molecule has 0 atom stereocenters. The SMILES string of the molecule is COc1cc(N)ccc1C(=O)Nc1ccc(C)nc1. The summed E-state index contributed by atoms with van der Waals surface area (Å²) in [6.07, 6.45) is 1.61. The van der Waals surface area contributed by atoms with Crippen LogP contribution >= 0.6 is 0 Å². The molecular formula is C14H15N3O2. The third-order valence-electron chi connectivity index (χ3n) is 2.64. The number of carbonyl (C=O) groups is 1. The van der Waals surface area contributed by atoms with Crippen LogP contribution in [0.1, 0.15) is 16.1 Å². The Morgan fingerprint density at radius 2 is 2.11 bits per heavy atom. The van der Waals surface area contributed by atoms with E-state index in [1.54, 1.807) is 30.5 Å². The molecule has 3 N–H and O–H groups in total. The van der Waals surface area contributed by atoms with Gasteiger partial charge in [0.1, 0.15) is 5.75 Å². The second-order valence-electron chi connectivity index (χ2n) is 4.10. The number of nitrogen functional groups attached to an aromatic ring is 1. The molecule has 1 heterocycles. The number of pyridine rings is 1. The number of aryl methyl sites for hydroxylation is 1. The molecule has 1 aromatic heterocycles. The standard InChI is InChI=1S/C14H15N3O2/c1-9-3-5-11(8-16-9)17-14(18)12-6-4-10(15)7-13(12)19-2/h3-8H,15H2,1-2H3,(H,17,18). The fourth-order valence-corrected chi connectivity index (χ4v) is 1.64. The Morgan fingerprint density at radius 3 is 2.74 bits per heavy atom. The Balaban J connectivity index is 2.22. The van der Waals surface area contributed by atoms with Crippen molar-refractivity contribution >= 4 is 17.3 Å². The zero-order valence-corrected chi connectivity index (χ0v) is 10.8. The molecule has 98 valence electrons. The van der Waals surface area contributed by atoms with E-state index in [1.807, 2.05) is 13.0 Å². The van der Waals surface area contributed by atoms with Crippen molar-refractivity contribution < 1.29 is 9.53 Å². The maximum atomic E-state index is 12.1. The molecule has 0 bridgehead atoms. The van der Waals surface area contributed by atoms with Crippen LogP contribution in [0.3, 0.4) is 0 Å².